The van der Waals surface area contributed by atoms with Crippen molar-refractivity contribution in [1.29, 1.82) is 0 Å². The first-order valence-corrected chi connectivity index (χ1v) is 4.30. The Balaban J connectivity index is 2.42. The van der Waals surface area contributed by atoms with Gasteiger partial charge in [0, 0.05) is 30.4 Å². The second kappa shape index (κ2) is 3.83. The number of nitrogens with two attached hydrogens (primary N) is 1. The first kappa shape index (κ1) is 9.26. The standard InChI is InChI=1S/C10H8N4O/c11-10-8(13-4-5-14-10)9(15)7-2-1-3-12-6-7/h1-6H,(H2,11,14). The fourth-order valence-corrected chi connectivity index (χ4v) is 1.16. The van der Waals surface area contributed by atoms with Gasteiger partial charge in [-0.2, -0.15) is 0 Å². The summed E-state index contributed by atoms with van der Waals surface area (Å²) in [7, 11) is 0. The van der Waals surface area contributed by atoms with Crippen molar-refractivity contribution in [2.45, 2.75) is 0 Å². The number of pyridine rings is 1. The monoisotopic (exact) mass is 200 g/mol. The van der Waals surface area contributed by atoms with Crippen LogP contribution in [0.4, 0.5) is 5.82 Å². The Labute approximate surface area is 86.0 Å². The lowest BCUT2D eigenvalue weighted by atomic mass is 10.1. The molecule has 2 aromatic heterocycles. The molecule has 0 saturated carbocycles. The summed E-state index contributed by atoms with van der Waals surface area (Å²) < 4.78 is 0. The van der Waals surface area contributed by atoms with E-state index in [0.29, 0.717) is 5.56 Å². The van der Waals surface area contributed by atoms with E-state index in [1.54, 1.807) is 18.3 Å². The fourth-order valence-electron chi connectivity index (χ4n) is 1.16. The normalized spacial score (nSPS) is 9.87. The summed E-state index contributed by atoms with van der Waals surface area (Å²) in [5, 5.41) is 0. The largest absolute Gasteiger partial charge is 0.382 e. The van der Waals surface area contributed by atoms with Crippen LogP contribution in [0.1, 0.15) is 16.1 Å². The Bertz CT molecular complexity index is 484. The van der Waals surface area contributed by atoms with Crippen LogP contribution in [0.3, 0.4) is 0 Å². The summed E-state index contributed by atoms with van der Waals surface area (Å²) in [6, 6.07) is 3.34. The average molecular weight is 200 g/mol. The van der Waals surface area contributed by atoms with Gasteiger partial charge in [0.05, 0.1) is 0 Å². The third kappa shape index (κ3) is 1.80. The van der Waals surface area contributed by atoms with Gasteiger partial charge in [-0.25, -0.2) is 9.97 Å². The summed E-state index contributed by atoms with van der Waals surface area (Å²) in [6.07, 6.45) is 5.93. The Kier molecular flexibility index (Phi) is 2.37. The SMILES string of the molecule is Nc1nccnc1C(=O)c1cccnc1. The fraction of sp³-hybridized carbons (Fsp3) is 0. The van der Waals surface area contributed by atoms with E-state index in [1.807, 2.05) is 0 Å². The molecule has 0 unspecified atom stereocenters. The maximum atomic E-state index is 11.8. The zero-order valence-electron chi connectivity index (χ0n) is 7.79. The Hall–Kier alpha value is -2.30. The van der Waals surface area contributed by atoms with E-state index in [0.717, 1.165) is 0 Å². The molecule has 0 fully saturated rings. The van der Waals surface area contributed by atoms with Gasteiger partial charge < -0.3 is 5.73 Å². The number of hydrogen-bond donors (Lipinski definition) is 1. The van der Waals surface area contributed by atoms with Crippen molar-refractivity contribution in [3.63, 3.8) is 0 Å². The molecule has 2 heterocycles. The Morgan fingerprint density at radius 3 is 2.67 bits per heavy atom. The number of aromatic nitrogens is 3. The highest BCUT2D eigenvalue weighted by molar-refractivity contribution is 6.09. The van der Waals surface area contributed by atoms with Gasteiger partial charge in [-0.1, -0.05) is 0 Å². The number of hydrogen-bond acceptors (Lipinski definition) is 5. The molecule has 15 heavy (non-hydrogen) atoms. The number of rotatable bonds is 2. The molecule has 74 valence electrons. The minimum atomic E-state index is -0.270. The van der Waals surface area contributed by atoms with Crippen molar-refractivity contribution in [2.24, 2.45) is 0 Å². The number of anilines is 1. The Morgan fingerprint density at radius 2 is 2.00 bits per heavy atom. The van der Waals surface area contributed by atoms with Crippen LogP contribution >= 0.6 is 0 Å². The average Bonchev–Trinajstić information content (AvgIpc) is 2.30. The van der Waals surface area contributed by atoms with Crippen molar-refractivity contribution in [3.05, 3.63) is 48.2 Å². The molecule has 0 amide bonds. The van der Waals surface area contributed by atoms with E-state index in [9.17, 15) is 4.79 Å². The Morgan fingerprint density at radius 1 is 1.20 bits per heavy atom. The lowest BCUT2D eigenvalue weighted by molar-refractivity contribution is 0.103. The van der Waals surface area contributed by atoms with Gasteiger partial charge in [-0.15, -0.1) is 0 Å². The molecule has 2 N–H and O–H groups in total. The van der Waals surface area contributed by atoms with Crippen LogP contribution in [-0.2, 0) is 0 Å². The van der Waals surface area contributed by atoms with Crippen molar-refractivity contribution in [2.75, 3.05) is 5.73 Å². The van der Waals surface area contributed by atoms with E-state index in [4.69, 9.17) is 5.73 Å². The lowest BCUT2D eigenvalue weighted by Gasteiger charge is -2.01. The van der Waals surface area contributed by atoms with Crippen LogP contribution < -0.4 is 5.73 Å². The molecule has 5 nitrogen and oxygen atoms in total. The van der Waals surface area contributed by atoms with Crippen molar-refractivity contribution >= 4 is 11.6 Å². The van der Waals surface area contributed by atoms with E-state index in [1.165, 1.54) is 18.6 Å². The first-order valence-electron chi connectivity index (χ1n) is 4.30. The molecule has 0 aliphatic carbocycles. The second-order valence-electron chi connectivity index (χ2n) is 2.86. The summed E-state index contributed by atoms with van der Waals surface area (Å²) in [4.78, 5) is 23.4. The van der Waals surface area contributed by atoms with Crippen LogP contribution in [-0.4, -0.2) is 20.7 Å². The summed E-state index contributed by atoms with van der Waals surface area (Å²) in [5.41, 5.74) is 6.15. The summed E-state index contributed by atoms with van der Waals surface area (Å²) in [6.45, 7) is 0. The molecule has 0 saturated heterocycles. The molecule has 0 radical (unpaired) electrons. The van der Waals surface area contributed by atoms with Gasteiger partial charge in [0.2, 0.25) is 5.78 Å². The van der Waals surface area contributed by atoms with Gasteiger partial charge in [0.15, 0.2) is 11.5 Å². The molecule has 0 spiro atoms. The smallest absolute Gasteiger partial charge is 0.216 e. The van der Waals surface area contributed by atoms with E-state index < -0.39 is 0 Å². The van der Waals surface area contributed by atoms with E-state index >= 15 is 0 Å². The predicted octanol–water partition coefficient (Wildman–Crippen LogP) is 0.685. The number of carbonyl (C=O) groups is 1. The highest BCUT2D eigenvalue weighted by Gasteiger charge is 2.13. The predicted molar refractivity (Wildman–Crippen MR) is 54.1 cm³/mol. The maximum Gasteiger partial charge on any atom is 0.216 e. The number of carbonyl (C=O) groups excluding carboxylic acids is 1. The topological polar surface area (TPSA) is 81.8 Å². The van der Waals surface area contributed by atoms with Crippen molar-refractivity contribution in [1.82, 2.24) is 15.0 Å². The number of ketones is 1. The van der Waals surface area contributed by atoms with Crippen LogP contribution in [0.15, 0.2) is 36.9 Å². The van der Waals surface area contributed by atoms with Gasteiger partial charge in [0.1, 0.15) is 0 Å². The van der Waals surface area contributed by atoms with E-state index in [-0.39, 0.29) is 17.3 Å². The quantitative estimate of drug-likeness (QED) is 0.721. The van der Waals surface area contributed by atoms with Crippen molar-refractivity contribution in [3.8, 4) is 0 Å². The molecule has 0 aliphatic heterocycles. The molecule has 5 heteroatoms. The molecule has 2 aromatic rings. The second-order valence-corrected chi connectivity index (χ2v) is 2.86. The van der Waals surface area contributed by atoms with Gasteiger partial charge in [-0.05, 0) is 12.1 Å². The maximum absolute atomic E-state index is 11.8. The van der Waals surface area contributed by atoms with Gasteiger partial charge in [0.25, 0.3) is 0 Å². The first-order chi connectivity index (χ1) is 7.29. The van der Waals surface area contributed by atoms with Crippen LogP contribution in [0.25, 0.3) is 0 Å². The molecular formula is C10H8N4O. The van der Waals surface area contributed by atoms with Crippen molar-refractivity contribution < 1.29 is 4.79 Å². The molecule has 2 rings (SSSR count). The third-order valence-electron chi connectivity index (χ3n) is 1.87. The molecule has 0 aliphatic rings. The zero-order valence-corrected chi connectivity index (χ0v) is 7.79. The molecule has 0 atom stereocenters. The van der Waals surface area contributed by atoms with E-state index in [2.05, 4.69) is 15.0 Å². The zero-order chi connectivity index (χ0) is 10.7. The molecule has 0 aromatic carbocycles. The lowest BCUT2D eigenvalue weighted by Crippen LogP contribution is -2.09. The van der Waals surface area contributed by atoms with Crippen LogP contribution in [0.2, 0.25) is 0 Å². The van der Waals surface area contributed by atoms with Gasteiger partial charge in [-0.3, -0.25) is 9.78 Å². The molecule has 0 bridgehead atoms. The van der Waals surface area contributed by atoms with Crippen LogP contribution in [0, 0.1) is 0 Å². The number of nitrogen functional groups attached to an aromatic ring is 1. The highest BCUT2D eigenvalue weighted by atomic mass is 16.1. The van der Waals surface area contributed by atoms with Crippen LogP contribution in [0.5, 0.6) is 0 Å². The van der Waals surface area contributed by atoms with Gasteiger partial charge >= 0.3 is 0 Å². The molecular weight excluding hydrogens is 192 g/mol. The highest BCUT2D eigenvalue weighted by Crippen LogP contribution is 2.09. The minimum absolute atomic E-state index is 0.131. The number of nitrogens with zero attached hydrogens (tertiary/aromatic N) is 3. The summed E-state index contributed by atoms with van der Waals surface area (Å²) >= 11 is 0. The summed E-state index contributed by atoms with van der Waals surface area (Å²) in [5.74, 6) is -0.139. The minimum Gasteiger partial charge on any atom is -0.382 e. The third-order valence-corrected chi connectivity index (χ3v) is 1.87.